The van der Waals surface area contributed by atoms with Crippen molar-refractivity contribution in [3.05, 3.63) is 12.1 Å². The number of hydrogen-bond donors (Lipinski definition) is 0. The zero-order chi connectivity index (χ0) is 11.7. The minimum Gasteiger partial charge on any atom is -0.493 e. The summed E-state index contributed by atoms with van der Waals surface area (Å²) in [6.45, 7) is 0. The van der Waals surface area contributed by atoms with E-state index in [0.717, 1.165) is 21.9 Å². The van der Waals surface area contributed by atoms with Crippen LogP contribution in [0.4, 0.5) is 0 Å². The topological polar surface area (TPSA) is 36.3 Å². The Kier molecular flexibility index (Phi) is 2.96. The summed E-state index contributed by atoms with van der Waals surface area (Å²) in [5.74, 6) is 1.44. The van der Waals surface area contributed by atoms with Gasteiger partial charge in [0.15, 0.2) is 16.7 Å². The molecular weight excluding hydrogens is 224 g/mol. The van der Waals surface area contributed by atoms with E-state index in [0.29, 0.717) is 5.75 Å². The van der Waals surface area contributed by atoms with Gasteiger partial charge in [-0.1, -0.05) is 11.8 Å². The van der Waals surface area contributed by atoms with Crippen molar-refractivity contribution >= 4 is 22.8 Å². The number of fused-ring (bicyclic) bond motifs is 1. The van der Waals surface area contributed by atoms with Crippen LogP contribution in [0.1, 0.15) is 0 Å². The molecule has 2 aromatic rings. The van der Waals surface area contributed by atoms with E-state index in [4.69, 9.17) is 9.47 Å². The molecule has 1 aromatic carbocycles. The summed E-state index contributed by atoms with van der Waals surface area (Å²) >= 11 is 1.62. The Morgan fingerprint density at radius 1 is 1.19 bits per heavy atom. The quantitative estimate of drug-likeness (QED) is 0.769. The van der Waals surface area contributed by atoms with Crippen molar-refractivity contribution in [1.29, 1.82) is 0 Å². The van der Waals surface area contributed by atoms with Gasteiger partial charge >= 0.3 is 0 Å². The van der Waals surface area contributed by atoms with Gasteiger partial charge in [0, 0.05) is 19.2 Å². The largest absolute Gasteiger partial charge is 0.493 e. The summed E-state index contributed by atoms with van der Waals surface area (Å²) in [5.41, 5.74) is 1.96. The van der Waals surface area contributed by atoms with Crippen molar-refractivity contribution in [2.24, 2.45) is 7.05 Å². The number of thioether (sulfide) groups is 1. The van der Waals surface area contributed by atoms with Crippen molar-refractivity contribution < 1.29 is 9.47 Å². The van der Waals surface area contributed by atoms with E-state index in [9.17, 15) is 0 Å². The first-order valence-electron chi connectivity index (χ1n) is 4.83. The van der Waals surface area contributed by atoms with Crippen molar-refractivity contribution in [2.75, 3.05) is 20.5 Å². The second kappa shape index (κ2) is 4.25. The molecular formula is C11H14N2O2S. The molecule has 0 aliphatic rings. The summed E-state index contributed by atoms with van der Waals surface area (Å²) in [7, 11) is 5.25. The van der Waals surface area contributed by atoms with E-state index in [2.05, 4.69) is 4.98 Å². The fourth-order valence-electron chi connectivity index (χ4n) is 1.68. The van der Waals surface area contributed by atoms with Gasteiger partial charge in [-0.25, -0.2) is 4.98 Å². The Balaban J connectivity index is 2.71. The van der Waals surface area contributed by atoms with Crippen LogP contribution in [0.5, 0.6) is 11.5 Å². The van der Waals surface area contributed by atoms with Crippen LogP contribution in [0.2, 0.25) is 0 Å². The van der Waals surface area contributed by atoms with Gasteiger partial charge in [-0.05, 0) is 6.26 Å². The highest BCUT2D eigenvalue weighted by molar-refractivity contribution is 7.98. The first-order valence-corrected chi connectivity index (χ1v) is 6.06. The van der Waals surface area contributed by atoms with Gasteiger partial charge in [-0.3, -0.25) is 0 Å². The third-order valence-electron chi connectivity index (χ3n) is 2.53. The Morgan fingerprint density at radius 2 is 1.81 bits per heavy atom. The van der Waals surface area contributed by atoms with Gasteiger partial charge in [-0.2, -0.15) is 0 Å². The lowest BCUT2D eigenvalue weighted by atomic mass is 10.2. The number of aromatic nitrogens is 2. The lowest BCUT2D eigenvalue weighted by molar-refractivity contribution is 0.355. The van der Waals surface area contributed by atoms with E-state index in [-0.39, 0.29) is 0 Å². The van der Waals surface area contributed by atoms with Crippen LogP contribution in [-0.4, -0.2) is 30.0 Å². The van der Waals surface area contributed by atoms with Gasteiger partial charge in [0.1, 0.15) is 0 Å². The summed E-state index contributed by atoms with van der Waals surface area (Å²) in [6.07, 6.45) is 2.01. The molecule has 0 fully saturated rings. The minimum atomic E-state index is 0.709. The highest BCUT2D eigenvalue weighted by atomic mass is 32.2. The first-order chi connectivity index (χ1) is 7.71. The first kappa shape index (κ1) is 11.1. The maximum atomic E-state index is 5.27. The molecule has 0 atom stereocenters. The Bertz CT molecular complexity index is 522. The van der Waals surface area contributed by atoms with Crippen LogP contribution in [0, 0.1) is 0 Å². The molecule has 0 bridgehead atoms. The van der Waals surface area contributed by atoms with E-state index in [1.165, 1.54) is 0 Å². The summed E-state index contributed by atoms with van der Waals surface area (Å²) < 4.78 is 12.6. The zero-order valence-corrected chi connectivity index (χ0v) is 10.6. The smallest absolute Gasteiger partial charge is 0.168 e. The van der Waals surface area contributed by atoms with Crippen LogP contribution >= 0.6 is 11.8 Å². The van der Waals surface area contributed by atoms with E-state index in [1.54, 1.807) is 26.0 Å². The zero-order valence-electron chi connectivity index (χ0n) is 9.77. The third-order valence-corrected chi connectivity index (χ3v) is 3.26. The molecule has 16 heavy (non-hydrogen) atoms. The van der Waals surface area contributed by atoms with Crippen molar-refractivity contribution in [3.8, 4) is 11.5 Å². The third kappa shape index (κ3) is 1.61. The highest BCUT2D eigenvalue weighted by Gasteiger charge is 2.12. The molecule has 0 aliphatic carbocycles. The second-order valence-electron chi connectivity index (χ2n) is 3.35. The monoisotopic (exact) mass is 238 g/mol. The predicted octanol–water partition coefficient (Wildman–Crippen LogP) is 2.31. The molecule has 0 saturated carbocycles. The van der Waals surface area contributed by atoms with Crippen molar-refractivity contribution in [2.45, 2.75) is 5.16 Å². The molecule has 0 radical (unpaired) electrons. The minimum absolute atomic E-state index is 0.709. The summed E-state index contributed by atoms with van der Waals surface area (Å²) in [5, 5.41) is 0.977. The molecule has 0 unspecified atom stereocenters. The number of methoxy groups -OCH3 is 2. The molecule has 86 valence electrons. The van der Waals surface area contributed by atoms with Crippen LogP contribution in [0.25, 0.3) is 11.0 Å². The average Bonchev–Trinajstić information content (AvgIpc) is 2.63. The molecule has 0 aliphatic heterocycles. The second-order valence-corrected chi connectivity index (χ2v) is 4.13. The van der Waals surface area contributed by atoms with Crippen LogP contribution in [0.3, 0.4) is 0 Å². The Hall–Kier alpha value is -1.36. The standard InChI is InChI=1S/C11H14N2O2S/c1-13-8-6-10(15-3)9(14-2)5-7(8)12-11(13)16-4/h5-6H,1-4H3. The van der Waals surface area contributed by atoms with Crippen LogP contribution in [-0.2, 0) is 7.05 Å². The Morgan fingerprint density at radius 3 is 2.38 bits per heavy atom. The predicted molar refractivity (Wildman–Crippen MR) is 65.6 cm³/mol. The van der Waals surface area contributed by atoms with E-state index >= 15 is 0 Å². The van der Waals surface area contributed by atoms with Crippen LogP contribution in [0.15, 0.2) is 17.3 Å². The molecule has 1 aromatic heterocycles. The molecule has 0 N–H and O–H groups in total. The number of hydrogen-bond acceptors (Lipinski definition) is 4. The van der Waals surface area contributed by atoms with E-state index in [1.807, 2.05) is 30.0 Å². The molecule has 0 saturated heterocycles. The molecule has 2 rings (SSSR count). The average molecular weight is 238 g/mol. The van der Waals surface area contributed by atoms with Gasteiger partial charge in [0.25, 0.3) is 0 Å². The number of rotatable bonds is 3. The maximum absolute atomic E-state index is 5.27. The molecule has 1 heterocycles. The molecule has 0 spiro atoms. The van der Waals surface area contributed by atoms with Crippen molar-refractivity contribution in [3.63, 3.8) is 0 Å². The lowest BCUT2D eigenvalue weighted by Gasteiger charge is -2.07. The van der Waals surface area contributed by atoms with Crippen LogP contribution < -0.4 is 9.47 Å². The molecule has 0 amide bonds. The van der Waals surface area contributed by atoms with Gasteiger partial charge in [0.05, 0.1) is 25.3 Å². The fraction of sp³-hybridized carbons (Fsp3) is 0.364. The van der Waals surface area contributed by atoms with E-state index < -0.39 is 0 Å². The lowest BCUT2D eigenvalue weighted by Crippen LogP contribution is -1.92. The fourth-order valence-corrected chi connectivity index (χ4v) is 2.24. The van der Waals surface area contributed by atoms with Gasteiger partial charge in [0.2, 0.25) is 0 Å². The number of aryl methyl sites for hydroxylation is 1. The SMILES string of the molecule is COc1cc2nc(SC)n(C)c2cc1OC. The number of benzene rings is 1. The maximum Gasteiger partial charge on any atom is 0.168 e. The number of ether oxygens (including phenoxy) is 2. The Labute approximate surface area is 98.6 Å². The molecule has 5 heteroatoms. The van der Waals surface area contributed by atoms with Gasteiger partial charge < -0.3 is 14.0 Å². The number of nitrogens with zero attached hydrogens (tertiary/aromatic N) is 2. The summed E-state index contributed by atoms with van der Waals surface area (Å²) in [4.78, 5) is 4.51. The van der Waals surface area contributed by atoms with Gasteiger partial charge in [-0.15, -0.1) is 0 Å². The number of imidazole rings is 1. The van der Waals surface area contributed by atoms with Crippen molar-refractivity contribution in [1.82, 2.24) is 9.55 Å². The normalized spacial score (nSPS) is 10.8. The molecule has 4 nitrogen and oxygen atoms in total. The highest BCUT2D eigenvalue weighted by Crippen LogP contribution is 2.33. The summed E-state index contributed by atoms with van der Waals surface area (Å²) in [6, 6.07) is 3.84.